The molecule has 3 N–H and O–H groups in total. The molecule has 1 heterocycles. The van der Waals surface area contributed by atoms with Crippen LogP contribution in [0.4, 0.5) is 4.79 Å². The lowest BCUT2D eigenvalue weighted by molar-refractivity contribution is 0.224. The highest BCUT2D eigenvalue weighted by molar-refractivity contribution is 6.30. The van der Waals surface area contributed by atoms with Gasteiger partial charge in [0.05, 0.1) is 12.1 Å². The van der Waals surface area contributed by atoms with Crippen molar-refractivity contribution in [2.75, 3.05) is 20.2 Å². The number of carbonyl (C=O) groups is 1. The number of likely N-dealkylation sites (tertiary alicyclic amines) is 1. The van der Waals surface area contributed by atoms with Gasteiger partial charge in [-0.25, -0.2) is 4.79 Å². The third-order valence-corrected chi connectivity index (χ3v) is 4.60. The van der Waals surface area contributed by atoms with Gasteiger partial charge in [0.15, 0.2) is 0 Å². The first kappa shape index (κ1) is 18.0. The lowest BCUT2D eigenvalue weighted by Crippen LogP contribution is -2.47. The largest absolute Gasteiger partial charge is 0.396 e. The molecule has 1 aromatic carbocycles. The van der Waals surface area contributed by atoms with Gasteiger partial charge in [0, 0.05) is 24.2 Å². The maximum absolute atomic E-state index is 12.2. The molecule has 0 radical (unpaired) electrons. The normalized spacial score (nSPS) is 22.8. The summed E-state index contributed by atoms with van der Waals surface area (Å²) >= 11 is 5.96. The molecule has 128 valence electrons. The molecule has 23 heavy (non-hydrogen) atoms. The van der Waals surface area contributed by atoms with Gasteiger partial charge in [-0.2, -0.15) is 0 Å². The van der Waals surface area contributed by atoms with Crippen LogP contribution in [0.1, 0.15) is 37.8 Å². The fourth-order valence-corrected chi connectivity index (χ4v) is 3.27. The molecule has 2 rings (SSSR count). The van der Waals surface area contributed by atoms with Crippen LogP contribution in [0.15, 0.2) is 24.3 Å². The second-order valence-corrected chi connectivity index (χ2v) is 6.69. The first-order valence-corrected chi connectivity index (χ1v) is 8.52. The minimum Gasteiger partial charge on any atom is -0.396 e. The van der Waals surface area contributed by atoms with E-state index >= 15 is 0 Å². The summed E-state index contributed by atoms with van der Waals surface area (Å²) in [6.07, 6.45) is 2.39. The molecular formula is C17H26ClN3O2. The molecule has 1 aromatic rings. The fraction of sp³-hybridized carbons (Fsp3) is 0.588. The molecule has 1 fully saturated rings. The lowest BCUT2D eigenvalue weighted by atomic mass is 10.0. The van der Waals surface area contributed by atoms with Crippen LogP contribution in [0.25, 0.3) is 0 Å². The zero-order valence-electron chi connectivity index (χ0n) is 13.8. The van der Waals surface area contributed by atoms with E-state index in [0.29, 0.717) is 6.42 Å². The van der Waals surface area contributed by atoms with Crippen LogP contribution in [0.3, 0.4) is 0 Å². The quantitative estimate of drug-likeness (QED) is 0.746. The van der Waals surface area contributed by atoms with Crippen LogP contribution in [-0.2, 0) is 0 Å². The van der Waals surface area contributed by atoms with Gasteiger partial charge in [0.2, 0.25) is 0 Å². The van der Waals surface area contributed by atoms with Crippen molar-refractivity contribution in [3.63, 3.8) is 0 Å². The fourth-order valence-electron chi connectivity index (χ4n) is 3.15. The summed E-state index contributed by atoms with van der Waals surface area (Å²) in [7, 11) is 2.07. The highest BCUT2D eigenvalue weighted by Crippen LogP contribution is 2.31. The predicted octanol–water partition coefficient (Wildman–Crippen LogP) is 2.55. The van der Waals surface area contributed by atoms with E-state index in [1.807, 2.05) is 31.2 Å². The number of hydrogen-bond acceptors (Lipinski definition) is 3. The third-order valence-electron chi connectivity index (χ3n) is 4.35. The summed E-state index contributed by atoms with van der Waals surface area (Å²) in [5, 5.41) is 15.6. The SMILES string of the molecule is CC(CCCO)NC(=O)NC1CCN(C)C1c1ccc(Cl)cc1. The van der Waals surface area contributed by atoms with Crippen LogP contribution >= 0.6 is 11.6 Å². The zero-order valence-corrected chi connectivity index (χ0v) is 14.5. The molecule has 3 unspecified atom stereocenters. The van der Waals surface area contributed by atoms with E-state index in [4.69, 9.17) is 16.7 Å². The number of benzene rings is 1. The van der Waals surface area contributed by atoms with Crippen molar-refractivity contribution in [1.29, 1.82) is 0 Å². The average molecular weight is 340 g/mol. The van der Waals surface area contributed by atoms with Gasteiger partial charge < -0.3 is 15.7 Å². The van der Waals surface area contributed by atoms with E-state index in [1.165, 1.54) is 0 Å². The van der Waals surface area contributed by atoms with Crippen LogP contribution in [0.2, 0.25) is 5.02 Å². The number of rotatable bonds is 6. The van der Waals surface area contributed by atoms with Gasteiger partial charge in [-0.1, -0.05) is 23.7 Å². The Labute approximate surface area is 143 Å². The van der Waals surface area contributed by atoms with Crippen LogP contribution < -0.4 is 10.6 Å². The van der Waals surface area contributed by atoms with Crippen molar-refractivity contribution in [2.45, 2.75) is 44.3 Å². The topological polar surface area (TPSA) is 64.6 Å². The number of aliphatic hydroxyl groups excluding tert-OH is 1. The number of urea groups is 1. The first-order valence-electron chi connectivity index (χ1n) is 8.15. The summed E-state index contributed by atoms with van der Waals surface area (Å²) in [6.45, 7) is 3.05. The van der Waals surface area contributed by atoms with E-state index in [9.17, 15) is 4.79 Å². The average Bonchev–Trinajstić information content (AvgIpc) is 2.86. The van der Waals surface area contributed by atoms with E-state index < -0.39 is 0 Å². The van der Waals surface area contributed by atoms with Gasteiger partial charge in [-0.05, 0) is 50.9 Å². The lowest BCUT2D eigenvalue weighted by Gasteiger charge is -2.27. The van der Waals surface area contributed by atoms with Crippen molar-refractivity contribution in [3.8, 4) is 0 Å². The molecule has 0 saturated carbocycles. The Kier molecular flexibility index (Phi) is 6.69. The van der Waals surface area contributed by atoms with Crippen LogP contribution in [-0.4, -0.2) is 48.3 Å². The number of amides is 2. The second kappa shape index (κ2) is 8.52. The molecule has 0 spiro atoms. The third kappa shape index (κ3) is 5.09. The maximum Gasteiger partial charge on any atom is 0.315 e. The number of halogens is 1. The maximum atomic E-state index is 12.2. The second-order valence-electron chi connectivity index (χ2n) is 6.26. The number of aliphatic hydroxyl groups is 1. The Hall–Kier alpha value is -1.30. The van der Waals surface area contributed by atoms with E-state index in [2.05, 4.69) is 22.6 Å². The molecule has 6 heteroatoms. The molecule has 1 aliphatic heterocycles. The number of nitrogens with zero attached hydrogens (tertiary/aromatic N) is 1. The Morgan fingerprint density at radius 1 is 1.43 bits per heavy atom. The van der Waals surface area contributed by atoms with Crippen molar-refractivity contribution in [2.24, 2.45) is 0 Å². The molecule has 0 aliphatic carbocycles. The number of carbonyl (C=O) groups excluding carboxylic acids is 1. The van der Waals surface area contributed by atoms with E-state index in [1.54, 1.807) is 0 Å². The molecule has 3 atom stereocenters. The molecule has 0 bridgehead atoms. The van der Waals surface area contributed by atoms with Gasteiger partial charge >= 0.3 is 6.03 Å². The van der Waals surface area contributed by atoms with Crippen LogP contribution in [0.5, 0.6) is 0 Å². The van der Waals surface area contributed by atoms with E-state index in [-0.39, 0.29) is 30.8 Å². The van der Waals surface area contributed by atoms with Crippen LogP contribution in [0, 0.1) is 0 Å². The summed E-state index contributed by atoms with van der Waals surface area (Å²) in [5.74, 6) is 0. The van der Waals surface area contributed by atoms with Crippen molar-refractivity contribution >= 4 is 17.6 Å². The summed E-state index contributed by atoms with van der Waals surface area (Å²) in [4.78, 5) is 14.4. The minimum absolute atomic E-state index is 0.0512. The molecule has 2 amide bonds. The van der Waals surface area contributed by atoms with Gasteiger partial charge in [-0.15, -0.1) is 0 Å². The van der Waals surface area contributed by atoms with Gasteiger partial charge in [0.1, 0.15) is 0 Å². The molecule has 1 aliphatic rings. The summed E-state index contributed by atoms with van der Waals surface area (Å²) < 4.78 is 0. The Balaban J connectivity index is 1.95. The molecule has 5 nitrogen and oxygen atoms in total. The number of likely N-dealkylation sites (N-methyl/N-ethyl adjacent to an activating group) is 1. The van der Waals surface area contributed by atoms with Gasteiger partial charge in [-0.3, -0.25) is 4.90 Å². The molecule has 0 aromatic heterocycles. The minimum atomic E-state index is -0.144. The van der Waals surface area contributed by atoms with Crippen molar-refractivity contribution in [3.05, 3.63) is 34.9 Å². The van der Waals surface area contributed by atoms with Crippen molar-refractivity contribution in [1.82, 2.24) is 15.5 Å². The summed E-state index contributed by atoms with van der Waals surface area (Å²) in [6, 6.07) is 7.95. The Bertz CT molecular complexity index is 509. The monoisotopic (exact) mass is 339 g/mol. The number of hydrogen-bond donors (Lipinski definition) is 3. The first-order chi connectivity index (χ1) is 11.0. The smallest absolute Gasteiger partial charge is 0.315 e. The molecular weight excluding hydrogens is 314 g/mol. The predicted molar refractivity (Wildman–Crippen MR) is 92.7 cm³/mol. The standard InChI is InChI=1S/C17H26ClN3O2/c1-12(4-3-11-22)19-17(23)20-15-9-10-21(2)16(15)13-5-7-14(18)8-6-13/h5-8,12,15-16,22H,3-4,9-11H2,1-2H3,(H2,19,20,23). The van der Waals surface area contributed by atoms with Gasteiger partial charge in [0.25, 0.3) is 0 Å². The summed E-state index contributed by atoms with van der Waals surface area (Å²) in [5.41, 5.74) is 1.16. The van der Waals surface area contributed by atoms with Crippen molar-refractivity contribution < 1.29 is 9.90 Å². The zero-order chi connectivity index (χ0) is 16.8. The van der Waals surface area contributed by atoms with E-state index in [0.717, 1.165) is 30.0 Å². The Morgan fingerprint density at radius 2 is 2.13 bits per heavy atom. The molecule has 1 saturated heterocycles. The highest BCUT2D eigenvalue weighted by Gasteiger charge is 2.34. The highest BCUT2D eigenvalue weighted by atomic mass is 35.5. The number of nitrogens with one attached hydrogen (secondary N) is 2. The Morgan fingerprint density at radius 3 is 2.78 bits per heavy atom.